The lowest BCUT2D eigenvalue weighted by atomic mass is 9.99. The minimum Gasteiger partial charge on any atom is -0.480 e. The van der Waals surface area contributed by atoms with Crippen LogP contribution >= 0.6 is 0 Å². The summed E-state index contributed by atoms with van der Waals surface area (Å²) in [4.78, 5) is 22.2. The van der Waals surface area contributed by atoms with Crippen molar-refractivity contribution in [2.45, 2.75) is 39.2 Å². The Kier molecular flexibility index (Phi) is 6.42. The van der Waals surface area contributed by atoms with Crippen LogP contribution < -0.4 is 5.32 Å². The van der Waals surface area contributed by atoms with Crippen LogP contribution in [0.15, 0.2) is 12.7 Å². The number of carboxylic acids is 1. The number of carbonyl (C=O) groups is 2. The van der Waals surface area contributed by atoms with E-state index in [1.807, 2.05) is 13.8 Å². The predicted octanol–water partition coefficient (Wildman–Crippen LogP) is 1.57. The van der Waals surface area contributed by atoms with Gasteiger partial charge in [-0.15, -0.1) is 6.58 Å². The number of allylic oxidation sites excluding steroid dienone is 1. The van der Waals surface area contributed by atoms with Crippen LogP contribution in [0.5, 0.6) is 0 Å². The molecular weight excluding hydrogens is 194 g/mol. The Morgan fingerprint density at radius 2 is 2.13 bits per heavy atom. The molecule has 15 heavy (non-hydrogen) atoms. The monoisotopic (exact) mass is 213 g/mol. The maximum absolute atomic E-state index is 11.3. The fraction of sp³-hybridized carbons (Fsp3) is 0.636. The Morgan fingerprint density at radius 1 is 1.53 bits per heavy atom. The fourth-order valence-electron chi connectivity index (χ4n) is 1.16. The largest absolute Gasteiger partial charge is 0.480 e. The number of carbonyl (C=O) groups excluding carboxylic acids is 1. The molecule has 0 aliphatic rings. The first-order valence-electron chi connectivity index (χ1n) is 5.16. The summed E-state index contributed by atoms with van der Waals surface area (Å²) in [6.45, 7) is 7.21. The van der Waals surface area contributed by atoms with Crippen LogP contribution in [-0.2, 0) is 9.59 Å². The van der Waals surface area contributed by atoms with Crippen LogP contribution in [0.3, 0.4) is 0 Å². The van der Waals surface area contributed by atoms with Gasteiger partial charge in [0, 0.05) is 6.42 Å². The van der Waals surface area contributed by atoms with Gasteiger partial charge >= 0.3 is 5.97 Å². The molecule has 0 rings (SSSR count). The molecule has 0 heterocycles. The maximum Gasteiger partial charge on any atom is 0.326 e. The van der Waals surface area contributed by atoms with Gasteiger partial charge in [-0.2, -0.15) is 0 Å². The van der Waals surface area contributed by atoms with Crippen molar-refractivity contribution >= 4 is 11.9 Å². The van der Waals surface area contributed by atoms with E-state index in [9.17, 15) is 9.59 Å². The number of hydrogen-bond acceptors (Lipinski definition) is 2. The van der Waals surface area contributed by atoms with Crippen LogP contribution in [0.1, 0.15) is 33.1 Å². The summed E-state index contributed by atoms with van der Waals surface area (Å²) >= 11 is 0. The van der Waals surface area contributed by atoms with E-state index in [-0.39, 0.29) is 11.8 Å². The molecule has 0 unspecified atom stereocenters. The molecule has 4 nitrogen and oxygen atoms in total. The molecule has 2 N–H and O–H groups in total. The zero-order chi connectivity index (χ0) is 11.8. The van der Waals surface area contributed by atoms with Gasteiger partial charge < -0.3 is 10.4 Å². The average molecular weight is 213 g/mol. The van der Waals surface area contributed by atoms with Gasteiger partial charge in [0.2, 0.25) is 5.91 Å². The first-order valence-corrected chi connectivity index (χ1v) is 5.16. The lowest BCUT2D eigenvalue weighted by molar-refractivity contribution is -0.143. The normalized spacial score (nSPS) is 14.0. The van der Waals surface area contributed by atoms with Crippen molar-refractivity contribution in [3.8, 4) is 0 Å². The third kappa shape index (κ3) is 5.20. The van der Waals surface area contributed by atoms with Gasteiger partial charge in [-0.3, -0.25) is 4.79 Å². The van der Waals surface area contributed by atoms with Crippen LogP contribution in [0.25, 0.3) is 0 Å². The molecule has 0 spiro atoms. The molecule has 0 fully saturated rings. The summed E-state index contributed by atoms with van der Waals surface area (Å²) in [5, 5.41) is 11.4. The van der Waals surface area contributed by atoms with Gasteiger partial charge in [0.05, 0.1) is 0 Å². The number of amides is 1. The molecule has 0 aromatic rings. The van der Waals surface area contributed by atoms with E-state index in [1.165, 1.54) is 0 Å². The topological polar surface area (TPSA) is 66.4 Å². The van der Waals surface area contributed by atoms with Gasteiger partial charge in [0.15, 0.2) is 0 Å². The quantitative estimate of drug-likeness (QED) is 0.631. The number of nitrogens with one attached hydrogen (secondary N) is 1. The highest BCUT2D eigenvalue weighted by Crippen LogP contribution is 2.08. The van der Waals surface area contributed by atoms with Crippen molar-refractivity contribution < 1.29 is 14.7 Å². The highest BCUT2D eigenvalue weighted by molar-refractivity contribution is 5.83. The van der Waals surface area contributed by atoms with E-state index in [0.717, 1.165) is 6.42 Å². The van der Waals surface area contributed by atoms with E-state index in [0.29, 0.717) is 12.8 Å². The van der Waals surface area contributed by atoms with E-state index in [4.69, 9.17) is 5.11 Å². The lowest BCUT2D eigenvalue weighted by Crippen LogP contribution is -2.44. The smallest absolute Gasteiger partial charge is 0.326 e. The Balaban J connectivity index is 4.22. The minimum atomic E-state index is -0.976. The molecule has 86 valence electrons. The Hall–Kier alpha value is -1.32. The molecule has 0 aliphatic heterocycles. The van der Waals surface area contributed by atoms with Crippen molar-refractivity contribution in [3.05, 3.63) is 12.7 Å². The van der Waals surface area contributed by atoms with Crippen LogP contribution in [0.2, 0.25) is 0 Å². The number of carboxylic acid groups (broad SMARTS) is 1. The molecule has 1 amide bonds. The third-order valence-electron chi connectivity index (χ3n) is 2.37. The van der Waals surface area contributed by atoms with Crippen molar-refractivity contribution in [2.24, 2.45) is 5.92 Å². The van der Waals surface area contributed by atoms with Crippen LogP contribution in [-0.4, -0.2) is 23.0 Å². The molecule has 0 saturated heterocycles. The van der Waals surface area contributed by atoms with Gasteiger partial charge in [0.25, 0.3) is 0 Å². The van der Waals surface area contributed by atoms with Crippen molar-refractivity contribution in [2.75, 3.05) is 0 Å². The van der Waals surface area contributed by atoms with E-state index in [1.54, 1.807) is 6.08 Å². The summed E-state index contributed by atoms with van der Waals surface area (Å²) in [5.74, 6) is -1.27. The first-order chi connectivity index (χ1) is 7.02. The number of rotatable bonds is 7. The molecule has 0 saturated carbocycles. The molecule has 2 atom stereocenters. The van der Waals surface area contributed by atoms with Gasteiger partial charge in [-0.1, -0.05) is 26.3 Å². The predicted molar refractivity (Wildman–Crippen MR) is 58.5 cm³/mol. The summed E-state index contributed by atoms with van der Waals surface area (Å²) in [6.07, 6.45) is 3.22. The summed E-state index contributed by atoms with van der Waals surface area (Å²) < 4.78 is 0. The standard InChI is InChI=1S/C11H19NO3/c1-4-6-7-9(13)12-10(11(14)15)8(3)5-2/h4,8,10H,1,5-7H2,2-3H3,(H,12,13)(H,14,15)/t8-,10-/m1/s1. The van der Waals surface area contributed by atoms with Crippen LogP contribution in [0, 0.1) is 5.92 Å². The Morgan fingerprint density at radius 3 is 2.53 bits per heavy atom. The summed E-state index contributed by atoms with van der Waals surface area (Å²) in [7, 11) is 0. The molecule has 0 aliphatic carbocycles. The zero-order valence-electron chi connectivity index (χ0n) is 9.32. The molecule has 0 aromatic heterocycles. The molecule has 0 bridgehead atoms. The molecular formula is C11H19NO3. The van der Waals surface area contributed by atoms with E-state index in [2.05, 4.69) is 11.9 Å². The summed E-state index contributed by atoms with van der Waals surface area (Å²) in [5.41, 5.74) is 0. The highest BCUT2D eigenvalue weighted by atomic mass is 16.4. The lowest BCUT2D eigenvalue weighted by Gasteiger charge is -2.19. The van der Waals surface area contributed by atoms with Crippen molar-refractivity contribution in [1.29, 1.82) is 0 Å². The zero-order valence-corrected chi connectivity index (χ0v) is 9.32. The van der Waals surface area contributed by atoms with E-state index < -0.39 is 12.0 Å². The number of hydrogen-bond donors (Lipinski definition) is 2. The van der Waals surface area contributed by atoms with Crippen LogP contribution in [0.4, 0.5) is 0 Å². The Labute approximate surface area is 90.4 Å². The average Bonchev–Trinajstić information content (AvgIpc) is 2.21. The fourth-order valence-corrected chi connectivity index (χ4v) is 1.16. The maximum atomic E-state index is 11.3. The third-order valence-corrected chi connectivity index (χ3v) is 2.37. The SMILES string of the molecule is C=CCCC(=O)N[C@@H](C(=O)O)[C@H](C)CC. The molecule has 0 aromatic carbocycles. The highest BCUT2D eigenvalue weighted by Gasteiger charge is 2.24. The second-order valence-electron chi connectivity index (χ2n) is 3.60. The minimum absolute atomic E-state index is 0.0600. The molecule has 4 heteroatoms. The second-order valence-corrected chi connectivity index (χ2v) is 3.60. The van der Waals surface area contributed by atoms with Crippen molar-refractivity contribution in [1.82, 2.24) is 5.32 Å². The first kappa shape index (κ1) is 13.7. The van der Waals surface area contributed by atoms with Gasteiger partial charge in [0.1, 0.15) is 6.04 Å². The van der Waals surface area contributed by atoms with Gasteiger partial charge in [-0.25, -0.2) is 4.79 Å². The van der Waals surface area contributed by atoms with Gasteiger partial charge in [-0.05, 0) is 12.3 Å². The number of aliphatic carboxylic acids is 1. The van der Waals surface area contributed by atoms with E-state index >= 15 is 0 Å². The van der Waals surface area contributed by atoms with Crippen molar-refractivity contribution in [3.63, 3.8) is 0 Å². The molecule has 0 radical (unpaired) electrons. The Bertz CT molecular complexity index is 238. The summed E-state index contributed by atoms with van der Waals surface area (Å²) in [6, 6.07) is -0.785. The second kappa shape index (κ2) is 7.04.